The summed E-state index contributed by atoms with van der Waals surface area (Å²) >= 11 is 0. The summed E-state index contributed by atoms with van der Waals surface area (Å²) in [7, 11) is 0. The van der Waals surface area contributed by atoms with E-state index in [4.69, 9.17) is 5.11 Å². The van der Waals surface area contributed by atoms with Gasteiger partial charge in [-0.05, 0) is 12.3 Å². The zero-order valence-corrected chi connectivity index (χ0v) is 7.58. The zero-order chi connectivity index (χ0) is 9.78. The number of rotatable bonds is 5. The third-order valence-corrected chi connectivity index (χ3v) is 2.03. The third kappa shape index (κ3) is 3.05. The van der Waals surface area contributed by atoms with Crippen LogP contribution in [0.25, 0.3) is 0 Å². The first kappa shape index (κ1) is 11.2. The molecule has 1 unspecified atom stereocenters. The Bertz CT molecular complexity index is 175. The fraction of sp³-hybridized carbons (Fsp3) is 0.667. The molecule has 0 fully saturated rings. The lowest BCUT2D eigenvalue weighted by Gasteiger charge is -2.29. The number of carbonyl (C=O) groups is 1. The molecule has 0 saturated heterocycles. The zero-order valence-electron chi connectivity index (χ0n) is 7.58. The molecular weight excluding hydrogens is 156 g/mol. The second-order valence-corrected chi connectivity index (χ2v) is 3.32. The van der Waals surface area contributed by atoms with Gasteiger partial charge in [0.2, 0.25) is 0 Å². The lowest BCUT2D eigenvalue weighted by molar-refractivity contribution is -0.144. The van der Waals surface area contributed by atoms with Crippen LogP contribution in [-0.2, 0) is 4.79 Å². The van der Waals surface area contributed by atoms with E-state index in [-0.39, 0.29) is 12.3 Å². The molecule has 0 aliphatic carbocycles. The first-order valence-electron chi connectivity index (χ1n) is 3.97. The lowest BCUT2D eigenvalue weighted by Crippen LogP contribution is -2.36. The molecule has 0 aliphatic rings. The SMILES string of the molecule is C=CCC(O)(CC(=O)O)C(C)C. The van der Waals surface area contributed by atoms with Crippen molar-refractivity contribution in [3.05, 3.63) is 12.7 Å². The number of aliphatic carboxylic acids is 1. The Kier molecular flexibility index (Phi) is 3.96. The molecule has 0 rings (SSSR count). The van der Waals surface area contributed by atoms with E-state index in [1.165, 1.54) is 0 Å². The van der Waals surface area contributed by atoms with Crippen molar-refractivity contribution < 1.29 is 15.0 Å². The maximum absolute atomic E-state index is 10.4. The standard InChI is InChI=1S/C9H16O3/c1-4-5-9(12,7(2)3)6-8(10)11/h4,7,12H,1,5-6H2,2-3H3,(H,10,11). The summed E-state index contributed by atoms with van der Waals surface area (Å²) in [5, 5.41) is 18.3. The van der Waals surface area contributed by atoms with Gasteiger partial charge in [-0.2, -0.15) is 0 Å². The summed E-state index contributed by atoms with van der Waals surface area (Å²) in [5.41, 5.74) is -1.15. The molecule has 0 amide bonds. The smallest absolute Gasteiger partial charge is 0.306 e. The highest BCUT2D eigenvalue weighted by molar-refractivity contribution is 5.68. The van der Waals surface area contributed by atoms with E-state index in [0.29, 0.717) is 6.42 Å². The topological polar surface area (TPSA) is 57.5 Å². The van der Waals surface area contributed by atoms with Gasteiger partial charge in [-0.15, -0.1) is 6.58 Å². The van der Waals surface area contributed by atoms with Gasteiger partial charge < -0.3 is 10.2 Å². The third-order valence-electron chi connectivity index (χ3n) is 2.03. The van der Waals surface area contributed by atoms with Crippen molar-refractivity contribution in [2.45, 2.75) is 32.3 Å². The summed E-state index contributed by atoms with van der Waals surface area (Å²) in [6, 6.07) is 0. The summed E-state index contributed by atoms with van der Waals surface area (Å²) < 4.78 is 0. The van der Waals surface area contributed by atoms with Gasteiger partial charge >= 0.3 is 5.97 Å². The highest BCUT2D eigenvalue weighted by atomic mass is 16.4. The second-order valence-electron chi connectivity index (χ2n) is 3.32. The van der Waals surface area contributed by atoms with Crippen LogP contribution >= 0.6 is 0 Å². The number of carboxylic acid groups (broad SMARTS) is 1. The number of carboxylic acids is 1. The van der Waals surface area contributed by atoms with Crippen molar-refractivity contribution in [1.82, 2.24) is 0 Å². The quantitative estimate of drug-likeness (QED) is 0.617. The van der Waals surface area contributed by atoms with Gasteiger partial charge in [0.1, 0.15) is 0 Å². The second kappa shape index (κ2) is 4.26. The average molecular weight is 172 g/mol. The summed E-state index contributed by atoms with van der Waals surface area (Å²) in [6.45, 7) is 7.08. The van der Waals surface area contributed by atoms with Crippen molar-refractivity contribution in [3.63, 3.8) is 0 Å². The van der Waals surface area contributed by atoms with Gasteiger partial charge in [0.25, 0.3) is 0 Å². The van der Waals surface area contributed by atoms with Crippen LogP contribution in [0.4, 0.5) is 0 Å². The van der Waals surface area contributed by atoms with Crippen LogP contribution in [-0.4, -0.2) is 21.8 Å². The Balaban J connectivity index is 4.37. The molecule has 3 heteroatoms. The molecule has 0 radical (unpaired) electrons. The van der Waals surface area contributed by atoms with Gasteiger partial charge in [-0.25, -0.2) is 0 Å². The van der Waals surface area contributed by atoms with Crippen molar-refractivity contribution in [2.75, 3.05) is 0 Å². The van der Waals surface area contributed by atoms with Gasteiger partial charge in [0, 0.05) is 0 Å². The normalized spacial score (nSPS) is 15.7. The van der Waals surface area contributed by atoms with Crippen LogP contribution in [0.2, 0.25) is 0 Å². The van der Waals surface area contributed by atoms with Gasteiger partial charge in [-0.1, -0.05) is 19.9 Å². The Morgan fingerprint density at radius 2 is 2.17 bits per heavy atom. The Hall–Kier alpha value is -0.830. The number of hydrogen-bond acceptors (Lipinski definition) is 2. The van der Waals surface area contributed by atoms with Crippen LogP contribution in [0, 0.1) is 5.92 Å². The lowest BCUT2D eigenvalue weighted by atomic mass is 9.84. The molecule has 0 saturated carbocycles. The minimum Gasteiger partial charge on any atom is -0.481 e. The van der Waals surface area contributed by atoms with Crippen molar-refractivity contribution in [3.8, 4) is 0 Å². The highest BCUT2D eigenvalue weighted by Crippen LogP contribution is 2.25. The predicted molar refractivity (Wildman–Crippen MR) is 46.9 cm³/mol. The highest BCUT2D eigenvalue weighted by Gasteiger charge is 2.32. The Morgan fingerprint density at radius 1 is 1.67 bits per heavy atom. The van der Waals surface area contributed by atoms with E-state index in [9.17, 15) is 9.90 Å². The van der Waals surface area contributed by atoms with Gasteiger partial charge in [0.05, 0.1) is 12.0 Å². The summed E-state index contributed by atoms with van der Waals surface area (Å²) in [6.07, 6.45) is 1.64. The largest absolute Gasteiger partial charge is 0.481 e. The Morgan fingerprint density at radius 3 is 2.42 bits per heavy atom. The first-order valence-corrected chi connectivity index (χ1v) is 3.97. The number of aliphatic hydroxyl groups is 1. The molecule has 0 bridgehead atoms. The van der Waals surface area contributed by atoms with E-state index >= 15 is 0 Å². The van der Waals surface area contributed by atoms with Crippen LogP contribution in [0.3, 0.4) is 0 Å². The van der Waals surface area contributed by atoms with E-state index in [1.807, 2.05) is 0 Å². The molecule has 0 heterocycles. The molecule has 3 nitrogen and oxygen atoms in total. The molecule has 70 valence electrons. The minimum absolute atomic E-state index is 0.0772. The molecule has 2 N–H and O–H groups in total. The van der Waals surface area contributed by atoms with Crippen LogP contribution < -0.4 is 0 Å². The summed E-state index contributed by atoms with van der Waals surface area (Å²) in [4.78, 5) is 10.4. The molecule has 0 aromatic heterocycles. The van der Waals surface area contributed by atoms with Crippen LogP contribution in [0.5, 0.6) is 0 Å². The molecule has 0 aromatic rings. The van der Waals surface area contributed by atoms with E-state index in [2.05, 4.69) is 6.58 Å². The predicted octanol–water partition coefficient (Wildman–Crippen LogP) is 1.42. The van der Waals surface area contributed by atoms with Gasteiger partial charge in [0.15, 0.2) is 0 Å². The minimum atomic E-state index is -1.15. The fourth-order valence-corrected chi connectivity index (χ4v) is 1.02. The fourth-order valence-electron chi connectivity index (χ4n) is 1.02. The van der Waals surface area contributed by atoms with Crippen LogP contribution in [0.15, 0.2) is 12.7 Å². The maximum atomic E-state index is 10.4. The van der Waals surface area contributed by atoms with Crippen molar-refractivity contribution >= 4 is 5.97 Å². The summed E-state index contributed by atoms with van der Waals surface area (Å²) in [5.74, 6) is -1.06. The molecular formula is C9H16O3. The molecule has 1 atom stereocenters. The van der Waals surface area contributed by atoms with E-state index in [1.54, 1.807) is 19.9 Å². The molecule has 0 aliphatic heterocycles. The number of hydrogen-bond donors (Lipinski definition) is 2. The monoisotopic (exact) mass is 172 g/mol. The van der Waals surface area contributed by atoms with Crippen molar-refractivity contribution in [1.29, 1.82) is 0 Å². The molecule has 0 spiro atoms. The molecule has 12 heavy (non-hydrogen) atoms. The Labute approximate surface area is 72.7 Å². The maximum Gasteiger partial charge on any atom is 0.306 e. The van der Waals surface area contributed by atoms with E-state index in [0.717, 1.165) is 0 Å². The van der Waals surface area contributed by atoms with E-state index < -0.39 is 11.6 Å². The van der Waals surface area contributed by atoms with Crippen molar-refractivity contribution in [2.24, 2.45) is 5.92 Å². The van der Waals surface area contributed by atoms with Gasteiger partial charge in [-0.3, -0.25) is 4.79 Å². The molecule has 0 aromatic carbocycles. The van der Waals surface area contributed by atoms with Crippen LogP contribution in [0.1, 0.15) is 26.7 Å². The average Bonchev–Trinajstić information content (AvgIpc) is 1.85. The first-order chi connectivity index (χ1) is 5.42.